The number of piperidine rings is 1. The second-order valence-corrected chi connectivity index (χ2v) is 4.76. The Labute approximate surface area is 104 Å². The minimum absolute atomic E-state index is 0.0507. The largest absolute Gasteiger partial charge is 0.292 e. The van der Waals surface area contributed by atoms with E-state index in [-0.39, 0.29) is 12.8 Å². The van der Waals surface area contributed by atoms with Crippen LogP contribution in [-0.4, -0.2) is 22.5 Å². The van der Waals surface area contributed by atoms with E-state index in [4.69, 9.17) is 0 Å². The summed E-state index contributed by atoms with van der Waals surface area (Å²) in [5.74, 6) is -3.29. The van der Waals surface area contributed by atoms with Crippen molar-refractivity contribution in [1.82, 2.24) is 10.2 Å². The average molecular weight is 248 g/mol. The maximum absolute atomic E-state index is 14.8. The molecule has 18 heavy (non-hydrogen) atoms. The number of rotatable bonds is 1. The van der Waals surface area contributed by atoms with Crippen LogP contribution in [0.25, 0.3) is 0 Å². The maximum atomic E-state index is 14.8. The lowest BCUT2D eigenvalue weighted by molar-refractivity contribution is -0.158. The van der Waals surface area contributed by atoms with Crippen LogP contribution in [0, 0.1) is 0 Å². The predicted octanol–water partition coefficient (Wildman–Crippen LogP) is 1.10. The van der Waals surface area contributed by atoms with Crippen LogP contribution in [0.4, 0.5) is 4.39 Å². The van der Waals surface area contributed by atoms with E-state index in [0.717, 1.165) is 11.1 Å². The first-order valence-electron chi connectivity index (χ1n) is 5.94. The number of alkyl halides is 1. The molecule has 4 nitrogen and oxygen atoms in total. The minimum atomic E-state index is -2.06. The second kappa shape index (κ2) is 3.88. The Kier molecular flexibility index (Phi) is 2.45. The molecule has 1 aromatic carbocycles. The molecule has 0 saturated carbocycles. The quantitative estimate of drug-likeness (QED) is 0.598. The molecule has 2 heterocycles. The first kappa shape index (κ1) is 11.3. The summed E-state index contributed by atoms with van der Waals surface area (Å²) in [6, 6.07) is 7.67. The number of amides is 2. The fourth-order valence-electron chi connectivity index (χ4n) is 2.56. The summed E-state index contributed by atoms with van der Waals surface area (Å²) in [5.41, 5.74) is 2.08. The summed E-state index contributed by atoms with van der Waals surface area (Å²) in [7, 11) is 0. The van der Waals surface area contributed by atoms with Gasteiger partial charge < -0.3 is 0 Å². The van der Waals surface area contributed by atoms with E-state index in [1.807, 2.05) is 24.3 Å². The molecule has 3 rings (SSSR count). The summed E-state index contributed by atoms with van der Waals surface area (Å²) in [4.78, 5) is 24.3. The normalized spacial score (nSPS) is 28.1. The Balaban J connectivity index is 1.85. The molecule has 0 bridgehead atoms. The molecule has 0 radical (unpaired) electrons. The lowest BCUT2D eigenvalue weighted by atomic mass is 10.0. The van der Waals surface area contributed by atoms with Gasteiger partial charge in [0, 0.05) is 25.9 Å². The smallest absolute Gasteiger partial charge is 0.279 e. The molecular formula is C13H13FN2O2. The van der Waals surface area contributed by atoms with Crippen LogP contribution in [0.15, 0.2) is 24.3 Å². The van der Waals surface area contributed by atoms with Crippen molar-refractivity contribution in [2.24, 2.45) is 0 Å². The van der Waals surface area contributed by atoms with E-state index in [1.165, 1.54) is 4.90 Å². The van der Waals surface area contributed by atoms with E-state index < -0.39 is 17.6 Å². The molecule has 5 heteroatoms. The van der Waals surface area contributed by atoms with E-state index in [1.54, 1.807) is 0 Å². The number of nitrogens with zero attached hydrogens (tertiary/aromatic N) is 1. The van der Waals surface area contributed by atoms with Gasteiger partial charge in [0.1, 0.15) is 0 Å². The zero-order valence-corrected chi connectivity index (χ0v) is 9.78. The molecule has 1 fully saturated rings. The Bertz CT molecular complexity index is 506. The summed E-state index contributed by atoms with van der Waals surface area (Å²) >= 11 is 0. The Hall–Kier alpha value is -1.75. The SMILES string of the molecule is O=C1CCC(F)(N2Cc3ccccc3C2)C(=O)N1. The highest BCUT2D eigenvalue weighted by atomic mass is 19.1. The van der Waals surface area contributed by atoms with Crippen LogP contribution < -0.4 is 5.32 Å². The third-order valence-corrected chi connectivity index (χ3v) is 3.63. The van der Waals surface area contributed by atoms with Crippen LogP contribution >= 0.6 is 0 Å². The third kappa shape index (κ3) is 1.62. The number of hydrogen-bond acceptors (Lipinski definition) is 3. The number of imide groups is 1. The van der Waals surface area contributed by atoms with Crippen LogP contribution in [0.2, 0.25) is 0 Å². The summed E-state index contributed by atoms with van der Waals surface area (Å²) in [5, 5.41) is 2.08. The van der Waals surface area contributed by atoms with Gasteiger partial charge in [-0.2, -0.15) is 0 Å². The van der Waals surface area contributed by atoms with Gasteiger partial charge in [-0.15, -0.1) is 0 Å². The van der Waals surface area contributed by atoms with Crippen LogP contribution in [0.1, 0.15) is 24.0 Å². The van der Waals surface area contributed by atoms with Crippen molar-refractivity contribution in [2.45, 2.75) is 31.7 Å². The van der Waals surface area contributed by atoms with Gasteiger partial charge in [-0.25, -0.2) is 4.39 Å². The third-order valence-electron chi connectivity index (χ3n) is 3.63. The van der Waals surface area contributed by atoms with E-state index in [9.17, 15) is 14.0 Å². The second-order valence-electron chi connectivity index (χ2n) is 4.76. The molecular weight excluding hydrogens is 235 g/mol. The molecule has 2 amide bonds. The minimum Gasteiger partial charge on any atom is -0.292 e. The molecule has 1 saturated heterocycles. The molecule has 1 unspecified atom stereocenters. The zero-order chi connectivity index (χ0) is 12.8. The zero-order valence-electron chi connectivity index (χ0n) is 9.78. The van der Waals surface area contributed by atoms with Gasteiger partial charge in [-0.05, 0) is 11.1 Å². The molecule has 0 spiro atoms. The standard InChI is InChI=1S/C13H13FN2O2/c14-13(6-5-11(17)15-12(13)18)16-7-9-3-1-2-4-10(9)8-16/h1-4H,5-8H2,(H,15,17,18). The Morgan fingerprint density at radius 1 is 1.17 bits per heavy atom. The van der Waals surface area contributed by atoms with Crippen molar-refractivity contribution >= 4 is 11.8 Å². The van der Waals surface area contributed by atoms with Gasteiger partial charge in [0.2, 0.25) is 11.7 Å². The van der Waals surface area contributed by atoms with Gasteiger partial charge in [0.15, 0.2) is 0 Å². The van der Waals surface area contributed by atoms with E-state index in [0.29, 0.717) is 13.1 Å². The summed E-state index contributed by atoms with van der Waals surface area (Å²) < 4.78 is 14.8. The molecule has 1 N–H and O–H groups in total. The van der Waals surface area contributed by atoms with Gasteiger partial charge in [-0.3, -0.25) is 19.8 Å². The number of fused-ring (bicyclic) bond motifs is 1. The molecule has 94 valence electrons. The number of nitrogens with one attached hydrogen (secondary N) is 1. The first-order chi connectivity index (χ1) is 8.59. The molecule has 2 aliphatic rings. The van der Waals surface area contributed by atoms with Gasteiger partial charge in [-0.1, -0.05) is 24.3 Å². The summed E-state index contributed by atoms with van der Waals surface area (Å²) in [6.45, 7) is 0.822. The van der Waals surface area contributed by atoms with Crippen molar-refractivity contribution in [3.63, 3.8) is 0 Å². The monoisotopic (exact) mass is 248 g/mol. The number of hydrogen-bond donors (Lipinski definition) is 1. The summed E-state index contributed by atoms with van der Waals surface area (Å²) in [6.07, 6.45) is -0.0132. The Morgan fingerprint density at radius 3 is 2.33 bits per heavy atom. The van der Waals surface area contributed by atoms with Crippen LogP contribution in [0.3, 0.4) is 0 Å². The highest BCUT2D eigenvalue weighted by Gasteiger charge is 2.49. The van der Waals surface area contributed by atoms with E-state index >= 15 is 0 Å². The molecule has 1 aromatic rings. The fraction of sp³-hybridized carbons (Fsp3) is 0.385. The van der Waals surface area contributed by atoms with Crippen molar-refractivity contribution in [1.29, 1.82) is 0 Å². The van der Waals surface area contributed by atoms with Gasteiger partial charge in [0.05, 0.1) is 0 Å². The van der Waals surface area contributed by atoms with Crippen molar-refractivity contribution < 1.29 is 14.0 Å². The molecule has 2 aliphatic heterocycles. The molecule has 0 aliphatic carbocycles. The van der Waals surface area contributed by atoms with E-state index in [2.05, 4.69) is 5.32 Å². The highest BCUT2D eigenvalue weighted by molar-refractivity contribution is 6.01. The Morgan fingerprint density at radius 2 is 1.78 bits per heavy atom. The topological polar surface area (TPSA) is 49.4 Å². The fourth-order valence-corrected chi connectivity index (χ4v) is 2.56. The van der Waals surface area contributed by atoms with Crippen molar-refractivity contribution in [3.8, 4) is 0 Å². The van der Waals surface area contributed by atoms with Gasteiger partial charge >= 0.3 is 0 Å². The van der Waals surface area contributed by atoms with Crippen LogP contribution in [0.5, 0.6) is 0 Å². The van der Waals surface area contributed by atoms with Crippen molar-refractivity contribution in [3.05, 3.63) is 35.4 Å². The molecule has 1 atom stereocenters. The number of carbonyl (C=O) groups excluding carboxylic acids is 2. The molecule has 0 aromatic heterocycles. The highest BCUT2D eigenvalue weighted by Crippen LogP contribution is 2.34. The number of carbonyl (C=O) groups is 2. The average Bonchev–Trinajstić information content (AvgIpc) is 2.78. The lowest BCUT2D eigenvalue weighted by Crippen LogP contribution is -2.58. The lowest BCUT2D eigenvalue weighted by Gasteiger charge is -2.35. The van der Waals surface area contributed by atoms with Crippen molar-refractivity contribution in [2.75, 3.05) is 0 Å². The maximum Gasteiger partial charge on any atom is 0.279 e. The van der Waals surface area contributed by atoms with Gasteiger partial charge in [0.25, 0.3) is 5.91 Å². The van der Waals surface area contributed by atoms with Crippen LogP contribution in [-0.2, 0) is 22.7 Å². The predicted molar refractivity (Wildman–Crippen MR) is 61.9 cm³/mol. The first-order valence-corrected chi connectivity index (χ1v) is 5.94. The number of halogens is 1. The number of benzene rings is 1.